The van der Waals surface area contributed by atoms with Crippen molar-refractivity contribution in [2.24, 2.45) is 0 Å². The van der Waals surface area contributed by atoms with Crippen LogP contribution in [0.4, 0.5) is 13.2 Å². The Balaban J connectivity index is 1.24. The number of allylic oxidation sites excluding steroid dienone is 2. The van der Waals surface area contributed by atoms with Crippen molar-refractivity contribution in [3.8, 4) is 5.75 Å². The quantitative estimate of drug-likeness (QED) is 0.316. The molecule has 0 unspecified atom stereocenters. The van der Waals surface area contributed by atoms with Crippen LogP contribution >= 0.6 is 0 Å². The van der Waals surface area contributed by atoms with Crippen molar-refractivity contribution in [3.05, 3.63) is 108 Å². The lowest BCUT2D eigenvalue weighted by molar-refractivity contribution is -0.138. The average molecular weight is 585 g/mol. The van der Waals surface area contributed by atoms with Gasteiger partial charge in [0.25, 0.3) is 0 Å². The molecule has 7 nitrogen and oxygen atoms in total. The van der Waals surface area contributed by atoms with Gasteiger partial charge in [-0.05, 0) is 53.6 Å². The molecule has 1 saturated heterocycles. The van der Waals surface area contributed by atoms with Crippen LogP contribution in [0.2, 0.25) is 0 Å². The zero-order chi connectivity index (χ0) is 29.5. The predicted molar refractivity (Wildman–Crippen MR) is 148 cm³/mol. The number of ketones is 1. The van der Waals surface area contributed by atoms with E-state index in [4.69, 9.17) is 4.74 Å². The van der Waals surface area contributed by atoms with E-state index in [9.17, 15) is 31.2 Å². The zero-order valence-electron chi connectivity index (χ0n) is 21.8. The van der Waals surface area contributed by atoms with Crippen molar-refractivity contribution >= 4 is 33.9 Å². The Morgan fingerprint density at radius 3 is 2.17 bits per heavy atom. The lowest BCUT2D eigenvalue weighted by atomic mass is 10.1. The summed E-state index contributed by atoms with van der Waals surface area (Å²) < 4.78 is 71.3. The first-order valence-corrected chi connectivity index (χ1v) is 14.1. The van der Waals surface area contributed by atoms with Crippen molar-refractivity contribution < 1.29 is 35.9 Å². The minimum absolute atomic E-state index is 0.0510. The number of piperazine rings is 1. The van der Waals surface area contributed by atoms with Crippen molar-refractivity contribution in [3.63, 3.8) is 0 Å². The Morgan fingerprint density at radius 2 is 1.54 bits per heavy atom. The second kappa shape index (κ2) is 13.0. The molecule has 0 aromatic heterocycles. The maximum absolute atomic E-state index is 13.0. The molecule has 0 spiro atoms. The Morgan fingerprint density at radius 1 is 0.878 bits per heavy atom. The van der Waals surface area contributed by atoms with Gasteiger partial charge >= 0.3 is 6.18 Å². The summed E-state index contributed by atoms with van der Waals surface area (Å²) in [5.41, 5.74) is 0.654. The number of carbonyl (C=O) groups excluding carboxylic acids is 2. The monoisotopic (exact) mass is 584 g/mol. The van der Waals surface area contributed by atoms with Gasteiger partial charge in [0.2, 0.25) is 15.9 Å². The topological polar surface area (TPSA) is 84.0 Å². The number of ether oxygens (including phenoxy) is 1. The fourth-order valence-electron chi connectivity index (χ4n) is 4.04. The number of hydrogen-bond donors (Lipinski definition) is 0. The summed E-state index contributed by atoms with van der Waals surface area (Å²) in [5.74, 6) is -0.0703. The van der Waals surface area contributed by atoms with Gasteiger partial charge in [0.15, 0.2) is 5.78 Å². The third-order valence-electron chi connectivity index (χ3n) is 6.27. The van der Waals surface area contributed by atoms with Crippen LogP contribution in [-0.2, 0) is 25.8 Å². The second-order valence-corrected chi connectivity index (χ2v) is 11.1. The molecule has 1 aliphatic rings. The number of benzene rings is 3. The minimum atomic E-state index is -4.68. The Kier molecular flexibility index (Phi) is 9.41. The first-order chi connectivity index (χ1) is 19.5. The van der Waals surface area contributed by atoms with E-state index in [0.29, 0.717) is 11.8 Å². The highest BCUT2D eigenvalue weighted by molar-refractivity contribution is 7.89. The Labute approximate surface area is 236 Å². The predicted octanol–water partition coefficient (Wildman–Crippen LogP) is 4.91. The first kappa shape index (κ1) is 29.8. The van der Waals surface area contributed by atoms with Crippen LogP contribution in [0.15, 0.2) is 95.9 Å². The number of nitrogens with zero attached hydrogens (tertiary/aromatic N) is 2. The van der Waals surface area contributed by atoms with Crippen LogP contribution in [0.5, 0.6) is 5.75 Å². The lowest BCUT2D eigenvalue weighted by Gasteiger charge is -2.33. The van der Waals surface area contributed by atoms with E-state index < -0.39 is 39.1 Å². The van der Waals surface area contributed by atoms with Crippen LogP contribution in [0.3, 0.4) is 0 Å². The molecular formula is C30H27F3N2O5S. The van der Waals surface area contributed by atoms with E-state index in [1.54, 1.807) is 36.4 Å². The second-order valence-electron chi connectivity index (χ2n) is 9.14. The fourth-order valence-corrected chi connectivity index (χ4v) is 5.46. The molecule has 0 N–H and O–H groups in total. The average Bonchev–Trinajstić information content (AvgIpc) is 2.96. The molecule has 1 amide bonds. The zero-order valence-corrected chi connectivity index (χ0v) is 22.6. The van der Waals surface area contributed by atoms with Crippen LogP contribution in [-0.4, -0.2) is 62.1 Å². The Hall–Kier alpha value is -4.22. The van der Waals surface area contributed by atoms with Crippen LogP contribution in [0, 0.1) is 0 Å². The standard InChI is InChI=1S/C30H27F3N2O5S/c31-30(32,33)25-7-4-8-28(21-25)41(38,39)35-18-17-34(29(37)22-35)19-20-40-27-15-11-24(12-16-27)10-14-26(36)13-9-23-5-2-1-3-6-23/h1-16,21H,17-20,22H2. The third-order valence-corrected chi connectivity index (χ3v) is 8.11. The van der Waals surface area contributed by atoms with Gasteiger partial charge in [-0.25, -0.2) is 8.42 Å². The highest BCUT2D eigenvalue weighted by Gasteiger charge is 2.35. The van der Waals surface area contributed by atoms with Crippen LogP contribution in [0.25, 0.3) is 12.2 Å². The van der Waals surface area contributed by atoms with Gasteiger partial charge in [0.1, 0.15) is 12.4 Å². The van der Waals surface area contributed by atoms with Crippen LogP contribution < -0.4 is 4.74 Å². The molecule has 11 heteroatoms. The highest BCUT2D eigenvalue weighted by atomic mass is 32.2. The summed E-state index contributed by atoms with van der Waals surface area (Å²) in [6.07, 6.45) is 1.70. The largest absolute Gasteiger partial charge is 0.492 e. The van der Waals surface area contributed by atoms with Gasteiger partial charge in [-0.1, -0.05) is 60.7 Å². The first-order valence-electron chi connectivity index (χ1n) is 12.7. The maximum Gasteiger partial charge on any atom is 0.416 e. The summed E-state index contributed by atoms with van der Waals surface area (Å²) in [4.78, 5) is 25.6. The number of alkyl halides is 3. The molecule has 0 bridgehead atoms. The van der Waals surface area contributed by atoms with Gasteiger partial charge < -0.3 is 9.64 Å². The third kappa shape index (κ3) is 8.15. The molecule has 3 aromatic carbocycles. The molecular weight excluding hydrogens is 557 g/mol. The lowest BCUT2D eigenvalue weighted by Crippen LogP contribution is -2.52. The molecule has 0 radical (unpaired) electrons. The summed E-state index contributed by atoms with van der Waals surface area (Å²) in [6, 6.07) is 20.0. The van der Waals surface area contributed by atoms with Crippen LogP contribution in [0.1, 0.15) is 16.7 Å². The van der Waals surface area contributed by atoms with Crippen molar-refractivity contribution in [2.75, 3.05) is 32.8 Å². The molecule has 0 atom stereocenters. The number of amides is 1. The Bertz CT molecular complexity index is 1540. The SMILES string of the molecule is O=C(C=Cc1ccccc1)C=Cc1ccc(OCCN2CCN(S(=O)(=O)c3cccc(C(F)(F)F)c3)CC2=O)cc1. The van der Waals surface area contributed by atoms with E-state index in [0.717, 1.165) is 33.6 Å². The number of hydrogen-bond acceptors (Lipinski definition) is 5. The molecule has 1 fully saturated rings. The summed E-state index contributed by atoms with van der Waals surface area (Å²) in [5, 5.41) is 0. The summed E-state index contributed by atoms with van der Waals surface area (Å²) >= 11 is 0. The van der Waals surface area contributed by atoms with Gasteiger partial charge in [0.05, 0.1) is 23.5 Å². The van der Waals surface area contributed by atoms with Gasteiger partial charge in [-0.15, -0.1) is 0 Å². The molecule has 41 heavy (non-hydrogen) atoms. The molecule has 4 rings (SSSR count). The van der Waals surface area contributed by atoms with Gasteiger partial charge in [0, 0.05) is 13.1 Å². The molecule has 214 valence electrons. The fraction of sp³-hybridized carbons (Fsp3) is 0.200. The van der Waals surface area contributed by atoms with E-state index in [1.165, 1.54) is 17.1 Å². The van der Waals surface area contributed by atoms with Crippen molar-refractivity contribution in [1.29, 1.82) is 0 Å². The van der Waals surface area contributed by atoms with Gasteiger partial charge in [-0.2, -0.15) is 17.5 Å². The molecule has 0 saturated carbocycles. The van der Waals surface area contributed by atoms with Crippen molar-refractivity contribution in [2.45, 2.75) is 11.1 Å². The van der Waals surface area contributed by atoms with E-state index in [1.807, 2.05) is 30.3 Å². The van der Waals surface area contributed by atoms with E-state index in [2.05, 4.69) is 0 Å². The highest BCUT2D eigenvalue weighted by Crippen LogP contribution is 2.31. The summed E-state index contributed by atoms with van der Waals surface area (Å²) in [6.45, 7) is -0.0788. The molecule has 0 aliphatic carbocycles. The number of halogens is 3. The number of rotatable bonds is 10. The van der Waals surface area contributed by atoms with E-state index >= 15 is 0 Å². The maximum atomic E-state index is 13.0. The van der Waals surface area contributed by atoms with Crippen molar-refractivity contribution in [1.82, 2.24) is 9.21 Å². The normalized spacial score (nSPS) is 15.1. The molecule has 3 aromatic rings. The van der Waals surface area contributed by atoms with E-state index in [-0.39, 0.29) is 32.0 Å². The minimum Gasteiger partial charge on any atom is -0.492 e. The smallest absolute Gasteiger partial charge is 0.416 e. The number of sulfonamides is 1. The van der Waals surface area contributed by atoms with Gasteiger partial charge in [-0.3, -0.25) is 9.59 Å². The molecule has 1 heterocycles. The number of carbonyl (C=O) groups is 2. The summed E-state index contributed by atoms with van der Waals surface area (Å²) in [7, 11) is -4.27. The molecule has 1 aliphatic heterocycles.